The van der Waals surface area contributed by atoms with Crippen LogP contribution < -0.4 is 5.32 Å². The van der Waals surface area contributed by atoms with Crippen LogP contribution in [0.5, 0.6) is 0 Å². The number of anilines is 1. The molecule has 3 aromatic rings. The number of carbonyl (C=O) groups excluding carboxylic acids is 1. The van der Waals surface area contributed by atoms with E-state index in [1.807, 2.05) is 47.8 Å². The van der Waals surface area contributed by atoms with Crippen molar-refractivity contribution in [2.45, 2.75) is 6.92 Å². The van der Waals surface area contributed by atoms with E-state index in [2.05, 4.69) is 15.3 Å². The van der Waals surface area contributed by atoms with Crippen molar-refractivity contribution in [1.29, 1.82) is 0 Å². The summed E-state index contributed by atoms with van der Waals surface area (Å²) in [5, 5.41) is 5.66. The zero-order chi connectivity index (χ0) is 14.7. The smallest absolute Gasteiger partial charge is 0.221 e. The highest BCUT2D eigenvalue weighted by atomic mass is 32.1. The second kappa shape index (κ2) is 5.85. The van der Waals surface area contributed by atoms with Crippen LogP contribution in [0.2, 0.25) is 0 Å². The first-order valence-corrected chi connectivity index (χ1v) is 7.35. The number of pyridine rings is 1. The molecule has 0 atom stereocenters. The van der Waals surface area contributed by atoms with Crippen LogP contribution >= 0.6 is 11.3 Å². The largest absolute Gasteiger partial charge is 0.326 e. The number of thiazole rings is 1. The standard InChI is InChI=1S/C16H13N3OS/c1-11(20)18-13-6-4-5-12(9-13)15-10-21-16(19-15)14-7-2-3-8-17-14/h2-10H,1H3,(H,18,20). The van der Waals surface area contributed by atoms with Crippen molar-refractivity contribution in [2.24, 2.45) is 0 Å². The van der Waals surface area contributed by atoms with E-state index in [4.69, 9.17) is 0 Å². The lowest BCUT2D eigenvalue weighted by molar-refractivity contribution is -0.114. The zero-order valence-electron chi connectivity index (χ0n) is 11.4. The average Bonchev–Trinajstić information content (AvgIpc) is 2.98. The van der Waals surface area contributed by atoms with Crippen molar-refractivity contribution in [1.82, 2.24) is 9.97 Å². The summed E-state index contributed by atoms with van der Waals surface area (Å²) in [6.07, 6.45) is 1.76. The van der Waals surface area contributed by atoms with E-state index in [0.717, 1.165) is 27.6 Å². The summed E-state index contributed by atoms with van der Waals surface area (Å²) >= 11 is 1.56. The molecule has 0 spiro atoms. The molecule has 5 heteroatoms. The van der Waals surface area contributed by atoms with Crippen LogP contribution in [0.1, 0.15) is 6.92 Å². The van der Waals surface area contributed by atoms with E-state index in [1.165, 1.54) is 6.92 Å². The molecule has 1 amide bonds. The Morgan fingerprint density at radius 1 is 1.14 bits per heavy atom. The van der Waals surface area contributed by atoms with Crippen molar-refractivity contribution in [3.63, 3.8) is 0 Å². The number of benzene rings is 1. The topological polar surface area (TPSA) is 54.9 Å². The van der Waals surface area contributed by atoms with Gasteiger partial charge >= 0.3 is 0 Å². The molecule has 0 aliphatic heterocycles. The number of hydrogen-bond acceptors (Lipinski definition) is 4. The van der Waals surface area contributed by atoms with Gasteiger partial charge in [-0.05, 0) is 24.3 Å². The fourth-order valence-electron chi connectivity index (χ4n) is 1.97. The van der Waals surface area contributed by atoms with Crippen molar-refractivity contribution < 1.29 is 4.79 Å². The number of carbonyl (C=O) groups is 1. The Labute approximate surface area is 126 Å². The zero-order valence-corrected chi connectivity index (χ0v) is 12.2. The van der Waals surface area contributed by atoms with Gasteiger partial charge < -0.3 is 5.32 Å². The van der Waals surface area contributed by atoms with Crippen LogP contribution in [0.3, 0.4) is 0 Å². The molecule has 0 aliphatic carbocycles. The van der Waals surface area contributed by atoms with Gasteiger partial charge in [0.15, 0.2) is 0 Å². The monoisotopic (exact) mass is 295 g/mol. The second-order valence-electron chi connectivity index (χ2n) is 4.51. The number of hydrogen-bond donors (Lipinski definition) is 1. The maximum atomic E-state index is 11.1. The van der Waals surface area contributed by atoms with E-state index >= 15 is 0 Å². The molecular formula is C16H13N3OS. The quantitative estimate of drug-likeness (QED) is 0.799. The molecule has 2 aromatic heterocycles. The average molecular weight is 295 g/mol. The van der Waals surface area contributed by atoms with Crippen LogP contribution in [-0.2, 0) is 4.79 Å². The van der Waals surface area contributed by atoms with Crippen molar-refractivity contribution in [3.8, 4) is 22.0 Å². The number of nitrogens with one attached hydrogen (secondary N) is 1. The van der Waals surface area contributed by atoms with Crippen LogP contribution in [0.25, 0.3) is 22.0 Å². The number of rotatable bonds is 3. The van der Waals surface area contributed by atoms with Crippen LogP contribution in [0.15, 0.2) is 54.0 Å². The summed E-state index contributed by atoms with van der Waals surface area (Å²) in [6, 6.07) is 13.4. The Morgan fingerprint density at radius 3 is 2.81 bits per heavy atom. The minimum atomic E-state index is -0.0837. The van der Waals surface area contributed by atoms with Gasteiger partial charge in [0, 0.05) is 29.8 Å². The number of aromatic nitrogens is 2. The van der Waals surface area contributed by atoms with Gasteiger partial charge in [0.25, 0.3) is 0 Å². The molecule has 104 valence electrons. The molecule has 0 unspecified atom stereocenters. The third-order valence-electron chi connectivity index (χ3n) is 2.87. The Bertz CT molecular complexity index is 768. The summed E-state index contributed by atoms with van der Waals surface area (Å²) < 4.78 is 0. The third kappa shape index (κ3) is 3.14. The summed E-state index contributed by atoms with van der Waals surface area (Å²) in [6.45, 7) is 1.49. The van der Waals surface area contributed by atoms with Gasteiger partial charge in [-0.15, -0.1) is 11.3 Å². The van der Waals surface area contributed by atoms with E-state index < -0.39 is 0 Å². The van der Waals surface area contributed by atoms with Crippen LogP contribution in [0.4, 0.5) is 5.69 Å². The van der Waals surface area contributed by atoms with E-state index in [1.54, 1.807) is 17.5 Å². The molecule has 1 aromatic carbocycles. The molecule has 1 N–H and O–H groups in total. The van der Waals surface area contributed by atoms with Gasteiger partial charge in [-0.2, -0.15) is 0 Å². The predicted octanol–water partition coefficient (Wildman–Crippen LogP) is 3.83. The van der Waals surface area contributed by atoms with Crippen LogP contribution in [0, 0.1) is 0 Å². The van der Waals surface area contributed by atoms with Crippen molar-refractivity contribution >= 4 is 22.9 Å². The molecule has 0 bridgehead atoms. The Morgan fingerprint density at radius 2 is 2.05 bits per heavy atom. The summed E-state index contributed by atoms with van der Waals surface area (Å²) in [5.41, 5.74) is 3.49. The number of amides is 1. The predicted molar refractivity (Wildman–Crippen MR) is 85.1 cm³/mol. The number of nitrogens with zero attached hydrogens (tertiary/aromatic N) is 2. The summed E-state index contributed by atoms with van der Waals surface area (Å²) in [7, 11) is 0. The Hall–Kier alpha value is -2.53. The van der Waals surface area contributed by atoms with Gasteiger partial charge in [-0.3, -0.25) is 9.78 Å². The highest BCUT2D eigenvalue weighted by molar-refractivity contribution is 7.13. The first-order valence-electron chi connectivity index (χ1n) is 6.47. The molecule has 0 saturated heterocycles. The van der Waals surface area contributed by atoms with E-state index in [0.29, 0.717) is 0 Å². The lowest BCUT2D eigenvalue weighted by Gasteiger charge is -2.03. The molecule has 21 heavy (non-hydrogen) atoms. The molecule has 0 radical (unpaired) electrons. The van der Waals surface area contributed by atoms with Gasteiger partial charge in [0.05, 0.1) is 11.4 Å². The fourth-order valence-corrected chi connectivity index (χ4v) is 2.78. The minimum absolute atomic E-state index is 0.0837. The first-order chi connectivity index (χ1) is 10.2. The first kappa shape index (κ1) is 13.5. The minimum Gasteiger partial charge on any atom is -0.326 e. The van der Waals surface area contributed by atoms with Gasteiger partial charge in [0.2, 0.25) is 5.91 Å². The maximum Gasteiger partial charge on any atom is 0.221 e. The molecule has 0 saturated carbocycles. The fraction of sp³-hybridized carbons (Fsp3) is 0.0625. The molecular weight excluding hydrogens is 282 g/mol. The third-order valence-corrected chi connectivity index (χ3v) is 3.73. The van der Waals surface area contributed by atoms with Gasteiger partial charge in [-0.1, -0.05) is 18.2 Å². The Kier molecular flexibility index (Phi) is 3.75. The van der Waals surface area contributed by atoms with Crippen molar-refractivity contribution in [3.05, 3.63) is 54.0 Å². The van der Waals surface area contributed by atoms with E-state index in [9.17, 15) is 4.79 Å². The van der Waals surface area contributed by atoms with Gasteiger partial charge in [-0.25, -0.2) is 4.98 Å². The molecule has 2 heterocycles. The maximum absolute atomic E-state index is 11.1. The molecule has 4 nitrogen and oxygen atoms in total. The molecule has 0 fully saturated rings. The molecule has 3 rings (SSSR count). The molecule has 0 aliphatic rings. The SMILES string of the molecule is CC(=O)Nc1cccc(-c2csc(-c3ccccn3)n2)c1. The summed E-state index contributed by atoms with van der Waals surface area (Å²) in [4.78, 5) is 20.0. The van der Waals surface area contributed by atoms with E-state index in [-0.39, 0.29) is 5.91 Å². The highest BCUT2D eigenvalue weighted by Crippen LogP contribution is 2.28. The van der Waals surface area contributed by atoms with Crippen molar-refractivity contribution in [2.75, 3.05) is 5.32 Å². The lowest BCUT2D eigenvalue weighted by Crippen LogP contribution is -2.05. The summed E-state index contributed by atoms with van der Waals surface area (Å²) in [5.74, 6) is -0.0837. The van der Waals surface area contributed by atoms with Crippen LogP contribution in [-0.4, -0.2) is 15.9 Å². The van der Waals surface area contributed by atoms with Gasteiger partial charge in [0.1, 0.15) is 5.01 Å². The Balaban J connectivity index is 1.91. The lowest BCUT2D eigenvalue weighted by atomic mass is 10.1. The second-order valence-corrected chi connectivity index (χ2v) is 5.37. The highest BCUT2D eigenvalue weighted by Gasteiger charge is 2.08. The normalized spacial score (nSPS) is 10.3.